The molecule has 0 aromatic rings. The van der Waals surface area contributed by atoms with E-state index in [0.29, 0.717) is 0 Å². The maximum atomic E-state index is 2.47. The van der Waals surface area contributed by atoms with Gasteiger partial charge in [-0.15, -0.1) is 0 Å². The Morgan fingerprint density at radius 2 is 1.80 bits per heavy atom. The van der Waals surface area contributed by atoms with Crippen LogP contribution < -0.4 is 0 Å². The van der Waals surface area contributed by atoms with Crippen LogP contribution in [0, 0.1) is 17.8 Å². The summed E-state index contributed by atoms with van der Waals surface area (Å²) in [5.41, 5.74) is 0. The summed E-state index contributed by atoms with van der Waals surface area (Å²) in [7, 11) is 2.25. The first-order valence-corrected chi connectivity index (χ1v) is 6.82. The van der Waals surface area contributed by atoms with Gasteiger partial charge in [-0.1, -0.05) is 33.6 Å². The van der Waals surface area contributed by atoms with Crippen LogP contribution in [0.15, 0.2) is 0 Å². The lowest BCUT2D eigenvalue weighted by molar-refractivity contribution is 0.197. The smallest absolute Gasteiger partial charge is 0.00191 e. The van der Waals surface area contributed by atoms with Gasteiger partial charge in [0.25, 0.3) is 0 Å². The Kier molecular flexibility index (Phi) is 5.66. The Hall–Kier alpha value is -0.0400. The lowest BCUT2D eigenvalue weighted by atomic mass is 9.83. The van der Waals surface area contributed by atoms with E-state index in [9.17, 15) is 0 Å². The first-order valence-electron chi connectivity index (χ1n) is 6.82. The van der Waals surface area contributed by atoms with E-state index >= 15 is 0 Å². The second-order valence-electron chi connectivity index (χ2n) is 5.74. The molecule has 1 aliphatic rings. The minimum absolute atomic E-state index is 0.876. The molecule has 0 amide bonds. The van der Waals surface area contributed by atoms with Crippen LogP contribution in [0.3, 0.4) is 0 Å². The van der Waals surface area contributed by atoms with Crippen molar-refractivity contribution in [3.8, 4) is 0 Å². The zero-order valence-corrected chi connectivity index (χ0v) is 11.1. The minimum atomic E-state index is 0.876. The maximum Gasteiger partial charge on any atom is -0.00191 e. The van der Waals surface area contributed by atoms with Gasteiger partial charge >= 0.3 is 0 Å². The highest BCUT2D eigenvalue weighted by molar-refractivity contribution is 4.72. The number of hydrogen-bond donors (Lipinski definition) is 0. The molecule has 1 fully saturated rings. The second kappa shape index (κ2) is 6.52. The molecule has 0 spiro atoms. The Balaban J connectivity index is 2.18. The standard InChI is InChI=1S/C14H29N/c1-5-14(12(2)3)7-6-13-8-10-15(4)11-9-13/h12-14H,5-11H2,1-4H3. The van der Waals surface area contributed by atoms with Crippen LogP contribution in [0.4, 0.5) is 0 Å². The van der Waals surface area contributed by atoms with Gasteiger partial charge in [-0.25, -0.2) is 0 Å². The van der Waals surface area contributed by atoms with Crippen molar-refractivity contribution in [3.05, 3.63) is 0 Å². The van der Waals surface area contributed by atoms with Gasteiger partial charge in [-0.05, 0) is 57.2 Å². The average molecular weight is 211 g/mol. The van der Waals surface area contributed by atoms with Gasteiger partial charge in [0.05, 0.1) is 0 Å². The molecule has 0 aromatic carbocycles. The van der Waals surface area contributed by atoms with E-state index in [0.717, 1.165) is 17.8 Å². The lowest BCUT2D eigenvalue weighted by Crippen LogP contribution is -2.30. The van der Waals surface area contributed by atoms with Crippen molar-refractivity contribution >= 4 is 0 Å². The molecule has 90 valence electrons. The molecule has 1 aliphatic heterocycles. The summed E-state index contributed by atoms with van der Waals surface area (Å²) >= 11 is 0. The molecule has 1 saturated heterocycles. The van der Waals surface area contributed by atoms with E-state index in [-0.39, 0.29) is 0 Å². The van der Waals surface area contributed by atoms with Crippen molar-refractivity contribution < 1.29 is 0 Å². The monoisotopic (exact) mass is 211 g/mol. The number of hydrogen-bond acceptors (Lipinski definition) is 1. The molecule has 0 aliphatic carbocycles. The topological polar surface area (TPSA) is 3.24 Å². The third kappa shape index (κ3) is 4.55. The van der Waals surface area contributed by atoms with Crippen molar-refractivity contribution in [2.24, 2.45) is 17.8 Å². The van der Waals surface area contributed by atoms with Crippen LogP contribution in [0.25, 0.3) is 0 Å². The number of piperidine rings is 1. The number of nitrogens with zero attached hydrogens (tertiary/aromatic N) is 1. The van der Waals surface area contributed by atoms with E-state index < -0.39 is 0 Å². The third-order valence-electron chi connectivity index (χ3n) is 4.25. The van der Waals surface area contributed by atoms with Gasteiger partial charge < -0.3 is 4.90 Å². The Bertz CT molecular complexity index is 157. The van der Waals surface area contributed by atoms with Crippen LogP contribution in [0.5, 0.6) is 0 Å². The predicted octanol–water partition coefficient (Wildman–Crippen LogP) is 3.79. The fourth-order valence-electron chi connectivity index (χ4n) is 2.81. The third-order valence-corrected chi connectivity index (χ3v) is 4.25. The first-order chi connectivity index (χ1) is 7.13. The molecule has 1 nitrogen and oxygen atoms in total. The molecular weight excluding hydrogens is 182 g/mol. The van der Waals surface area contributed by atoms with Crippen molar-refractivity contribution in [1.29, 1.82) is 0 Å². The van der Waals surface area contributed by atoms with Crippen molar-refractivity contribution in [1.82, 2.24) is 4.90 Å². The highest BCUT2D eigenvalue weighted by Crippen LogP contribution is 2.27. The van der Waals surface area contributed by atoms with Crippen LogP contribution in [0.2, 0.25) is 0 Å². The van der Waals surface area contributed by atoms with Gasteiger partial charge in [-0.3, -0.25) is 0 Å². The zero-order valence-electron chi connectivity index (χ0n) is 11.1. The van der Waals surface area contributed by atoms with E-state index in [1.54, 1.807) is 0 Å². The first kappa shape index (κ1) is 13.0. The maximum absolute atomic E-state index is 2.47. The average Bonchev–Trinajstić information content (AvgIpc) is 2.21. The van der Waals surface area contributed by atoms with E-state index in [4.69, 9.17) is 0 Å². The molecule has 1 atom stereocenters. The Morgan fingerprint density at radius 1 is 1.20 bits per heavy atom. The van der Waals surface area contributed by atoms with Crippen molar-refractivity contribution in [2.75, 3.05) is 20.1 Å². The molecule has 1 heteroatoms. The van der Waals surface area contributed by atoms with Gasteiger partial charge in [0.15, 0.2) is 0 Å². The quantitative estimate of drug-likeness (QED) is 0.669. The minimum Gasteiger partial charge on any atom is -0.306 e. The van der Waals surface area contributed by atoms with E-state index in [1.807, 2.05) is 0 Å². The number of likely N-dealkylation sites (tertiary alicyclic amines) is 1. The fourth-order valence-corrected chi connectivity index (χ4v) is 2.81. The van der Waals surface area contributed by atoms with Crippen molar-refractivity contribution in [2.45, 2.75) is 52.9 Å². The Labute approximate surface area is 96.2 Å². The molecule has 0 bridgehead atoms. The van der Waals surface area contributed by atoms with E-state index in [2.05, 4.69) is 32.7 Å². The molecule has 0 radical (unpaired) electrons. The number of rotatable bonds is 5. The van der Waals surface area contributed by atoms with Gasteiger partial charge in [0, 0.05) is 0 Å². The summed E-state index contributed by atoms with van der Waals surface area (Å²) in [5, 5.41) is 0. The molecule has 1 unspecified atom stereocenters. The molecule has 0 N–H and O–H groups in total. The molecule has 1 heterocycles. The molecular formula is C14H29N. The summed E-state index contributed by atoms with van der Waals surface area (Å²) in [6.45, 7) is 9.75. The van der Waals surface area contributed by atoms with Crippen LogP contribution in [-0.4, -0.2) is 25.0 Å². The largest absolute Gasteiger partial charge is 0.306 e. The molecule has 1 rings (SSSR count). The summed E-state index contributed by atoms with van der Waals surface area (Å²) in [6.07, 6.45) is 7.17. The van der Waals surface area contributed by atoms with Gasteiger partial charge in [0.2, 0.25) is 0 Å². The van der Waals surface area contributed by atoms with E-state index in [1.165, 1.54) is 45.2 Å². The normalized spacial score (nSPS) is 22.2. The highest BCUT2D eigenvalue weighted by atomic mass is 15.1. The van der Waals surface area contributed by atoms with Crippen molar-refractivity contribution in [3.63, 3.8) is 0 Å². The van der Waals surface area contributed by atoms with Crippen LogP contribution >= 0.6 is 0 Å². The Morgan fingerprint density at radius 3 is 2.27 bits per heavy atom. The second-order valence-corrected chi connectivity index (χ2v) is 5.74. The van der Waals surface area contributed by atoms with Crippen LogP contribution in [0.1, 0.15) is 52.9 Å². The predicted molar refractivity (Wildman–Crippen MR) is 68.1 cm³/mol. The summed E-state index contributed by atoms with van der Waals surface area (Å²) in [6, 6.07) is 0. The van der Waals surface area contributed by atoms with Gasteiger partial charge in [0.1, 0.15) is 0 Å². The van der Waals surface area contributed by atoms with Crippen LogP contribution in [-0.2, 0) is 0 Å². The fraction of sp³-hybridized carbons (Fsp3) is 1.00. The zero-order chi connectivity index (χ0) is 11.3. The summed E-state index contributed by atoms with van der Waals surface area (Å²) in [5.74, 6) is 2.86. The SMILES string of the molecule is CCC(CCC1CCN(C)CC1)C(C)C. The molecule has 0 aromatic heterocycles. The summed E-state index contributed by atoms with van der Waals surface area (Å²) in [4.78, 5) is 2.47. The summed E-state index contributed by atoms with van der Waals surface area (Å²) < 4.78 is 0. The highest BCUT2D eigenvalue weighted by Gasteiger charge is 2.18. The lowest BCUT2D eigenvalue weighted by Gasteiger charge is -2.30. The molecule has 15 heavy (non-hydrogen) atoms. The molecule has 0 saturated carbocycles. The van der Waals surface area contributed by atoms with Gasteiger partial charge in [-0.2, -0.15) is 0 Å².